The third-order valence-electron chi connectivity index (χ3n) is 5.29. The highest BCUT2D eigenvalue weighted by Gasteiger charge is 2.56. The van der Waals surface area contributed by atoms with Crippen LogP contribution in [-0.2, 0) is 11.3 Å². The van der Waals surface area contributed by atoms with Gasteiger partial charge in [-0.05, 0) is 13.0 Å². The highest BCUT2D eigenvalue weighted by Crippen LogP contribution is 2.53. The molecule has 8 heteroatoms. The summed E-state index contributed by atoms with van der Waals surface area (Å²) < 4.78 is 22.3. The first-order chi connectivity index (χ1) is 12.1. The maximum atomic E-state index is 13.9. The topological polar surface area (TPSA) is 74.8 Å². The van der Waals surface area contributed by atoms with Crippen molar-refractivity contribution in [2.75, 3.05) is 13.2 Å². The third kappa shape index (κ3) is 2.13. The van der Waals surface area contributed by atoms with Crippen LogP contribution in [0.1, 0.15) is 17.3 Å². The third-order valence-corrected chi connectivity index (χ3v) is 5.29. The van der Waals surface area contributed by atoms with Gasteiger partial charge in [-0.15, -0.1) is 5.10 Å². The molecule has 3 aromatic rings. The number of hydrogen-bond donors (Lipinski definition) is 0. The van der Waals surface area contributed by atoms with Crippen molar-refractivity contribution in [3.05, 3.63) is 51.7 Å². The van der Waals surface area contributed by atoms with E-state index in [9.17, 15) is 9.18 Å². The molecule has 25 heavy (non-hydrogen) atoms. The van der Waals surface area contributed by atoms with Gasteiger partial charge >= 0.3 is 0 Å². The quantitative estimate of drug-likeness (QED) is 0.718. The Morgan fingerprint density at radius 1 is 1.24 bits per heavy atom. The maximum absolute atomic E-state index is 13.9. The van der Waals surface area contributed by atoms with Gasteiger partial charge in [-0.3, -0.25) is 9.48 Å². The SMILES string of the molecule is Cc1c2nnn(C3[C@H]4COC[C@@H]34)c(=O)c2nn1Cc1ccccc1F. The fourth-order valence-electron chi connectivity index (χ4n) is 3.75. The van der Waals surface area contributed by atoms with E-state index < -0.39 is 0 Å². The first-order valence-electron chi connectivity index (χ1n) is 8.29. The molecule has 1 aliphatic carbocycles. The molecule has 5 rings (SSSR count). The molecule has 7 nitrogen and oxygen atoms in total. The van der Waals surface area contributed by atoms with E-state index in [-0.39, 0.29) is 29.5 Å². The van der Waals surface area contributed by atoms with Crippen LogP contribution in [-0.4, -0.2) is 38.0 Å². The molecule has 2 aliphatic rings. The molecule has 0 N–H and O–H groups in total. The molecule has 0 bridgehead atoms. The average Bonchev–Trinajstić information content (AvgIpc) is 2.93. The fourth-order valence-corrected chi connectivity index (χ4v) is 3.75. The summed E-state index contributed by atoms with van der Waals surface area (Å²) in [5, 5.41) is 12.7. The Hall–Kier alpha value is -2.61. The second-order valence-corrected chi connectivity index (χ2v) is 6.73. The highest BCUT2D eigenvalue weighted by molar-refractivity contribution is 5.75. The van der Waals surface area contributed by atoms with Crippen molar-refractivity contribution in [3.8, 4) is 0 Å². The zero-order valence-electron chi connectivity index (χ0n) is 13.6. The number of benzene rings is 1. The molecule has 3 atom stereocenters. The summed E-state index contributed by atoms with van der Waals surface area (Å²) in [4.78, 5) is 12.8. The number of rotatable bonds is 3. The smallest absolute Gasteiger partial charge is 0.298 e. The van der Waals surface area contributed by atoms with Crippen LogP contribution >= 0.6 is 0 Å². The summed E-state index contributed by atoms with van der Waals surface area (Å²) in [6.45, 7) is 3.40. The van der Waals surface area contributed by atoms with E-state index in [0.717, 1.165) is 0 Å². The van der Waals surface area contributed by atoms with Crippen molar-refractivity contribution in [1.29, 1.82) is 0 Å². The van der Waals surface area contributed by atoms with Gasteiger partial charge in [0.05, 0.1) is 31.5 Å². The van der Waals surface area contributed by atoms with E-state index >= 15 is 0 Å². The number of halogens is 1. The monoisotopic (exact) mass is 341 g/mol. The first kappa shape index (κ1) is 14.7. The molecule has 2 fully saturated rings. The Labute approximate surface area is 142 Å². The Balaban J connectivity index is 1.56. The first-order valence-corrected chi connectivity index (χ1v) is 8.29. The Morgan fingerprint density at radius 2 is 2.00 bits per heavy atom. The summed E-state index contributed by atoms with van der Waals surface area (Å²) >= 11 is 0. The molecule has 3 heterocycles. The van der Waals surface area contributed by atoms with Crippen molar-refractivity contribution < 1.29 is 9.13 Å². The second kappa shape index (κ2) is 5.19. The van der Waals surface area contributed by atoms with Crippen LogP contribution in [0.15, 0.2) is 29.1 Å². The van der Waals surface area contributed by atoms with Crippen molar-refractivity contribution in [3.63, 3.8) is 0 Å². The Morgan fingerprint density at radius 3 is 2.76 bits per heavy atom. The van der Waals surface area contributed by atoms with Crippen LogP contribution in [0.25, 0.3) is 11.0 Å². The minimum Gasteiger partial charge on any atom is -0.381 e. The van der Waals surface area contributed by atoms with E-state index in [0.29, 0.717) is 41.8 Å². The molecular weight excluding hydrogens is 325 g/mol. The van der Waals surface area contributed by atoms with Crippen LogP contribution < -0.4 is 5.56 Å². The average molecular weight is 341 g/mol. The number of ether oxygens (including phenoxy) is 1. The Kier molecular flexibility index (Phi) is 3.05. The van der Waals surface area contributed by atoms with Crippen LogP contribution in [0.3, 0.4) is 0 Å². The standard InChI is InChI=1S/C17H16FN5O2/c1-9-14-15(20-22(9)6-10-4-2-3-5-13(10)18)17(24)23(21-19-14)16-11-7-25-8-12(11)16/h2-5,11-12,16H,6-8H2,1H3/t11-,12+,16?. The lowest BCUT2D eigenvalue weighted by molar-refractivity contribution is 0.149. The van der Waals surface area contributed by atoms with E-state index in [2.05, 4.69) is 15.4 Å². The van der Waals surface area contributed by atoms with E-state index in [1.807, 2.05) is 6.92 Å². The largest absolute Gasteiger partial charge is 0.381 e. The Bertz CT molecular complexity index is 1030. The number of aromatic nitrogens is 5. The minimum absolute atomic E-state index is 0.0650. The molecule has 1 saturated carbocycles. The van der Waals surface area contributed by atoms with Crippen molar-refractivity contribution in [1.82, 2.24) is 24.8 Å². The molecule has 1 aromatic carbocycles. The predicted molar refractivity (Wildman–Crippen MR) is 86.7 cm³/mol. The summed E-state index contributed by atoms with van der Waals surface area (Å²) in [6, 6.07) is 6.60. The van der Waals surface area contributed by atoms with Gasteiger partial charge in [0.25, 0.3) is 5.56 Å². The van der Waals surface area contributed by atoms with Gasteiger partial charge in [0.2, 0.25) is 0 Å². The van der Waals surface area contributed by atoms with Gasteiger partial charge in [0.1, 0.15) is 11.3 Å². The lowest BCUT2D eigenvalue weighted by Gasteiger charge is -2.05. The van der Waals surface area contributed by atoms with Gasteiger partial charge in [0, 0.05) is 17.4 Å². The lowest BCUT2D eigenvalue weighted by Crippen LogP contribution is -2.26. The summed E-state index contributed by atoms with van der Waals surface area (Å²) in [6.07, 6.45) is 0. The molecule has 0 spiro atoms. The summed E-state index contributed by atoms with van der Waals surface area (Å²) in [5.74, 6) is 0.410. The van der Waals surface area contributed by atoms with Crippen LogP contribution in [0.5, 0.6) is 0 Å². The predicted octanol–water partition coefficient (Wildman–Crippen LogP) is 1.30. The van der Waals surface area contributed by atoms with Crippen molar-refractivity contribution in [2.24, 2.45) is 11.8 Å². The van der Waals surface area contributed by atoms with Crippen LogP contribution in [0, 0.1) is 24.6 Å². The zero-order valence-corrected chi connectivity index (χ0v) is 13.6. The van der Waals surface area contributed by atoms with Crippen LogP contribution in [0.2, 0.25) is 0 Å². The normalized spacial score (nSPS) is 24.6. The number of nitrogens with zero attached hydrogens (tertiary/aromatic N) is 5. The summed E-state index contributed by atoms with van der Waals surface area (Å²) in [5.41, 5.74) is 1.74. The highest BCUT2D eigenvalue weighted by atomic mass is 19.1. The number of aryl methyl sites for hydroxylation is 1. The van der Waals surface area contributed by atoms with Gasteiger partial charge < -0.3 is 4.74 Å². The fraction of sp³-hybridized carbons (Fsp3) is 0.412. The van der Waals surface area contributed by atoms with Gasteiger partial charge in [-0.25, -0.2) is 9.07 Å². The lowest BCUT2D eigenvalue weighted by atomic mass is 10.2. The molecule has 0 amide bonds. The molecule has 0 radical (unpaired) electrons. The molecular formula is C17H16FN5O2. The molecule has 2 aromatic heterocycles. The van der Waals surface area contributed by atoms with Crippen LogP contribution in [0.4, 0.5) is 4.39 Å². The van der Waals surface area contributed by atoms with Crippen molar-refractivity contribution >= 4 is 11.0 Å². The van der Waals surface area contributed by atoms with E-state index in [4.69, 9.17) is 4.74 Å². The number of fused-ring (bicyclic) bond motifs is 2. The van der Waals surface area contributed by atoms with Gasteiger partial charge in [0.15, 0.2) is 5.52 Å². The minimum atomic E-state index is -0.296. The van der Waals surface area contributed by atoms with Gasteiger partial charge in [-0.1, -0.05) is 23.4 Å². The second-order valence-electron chi connectivity index (χ2n) is 6.73. The maximum Gasteiger partial charge on any atom is 0.298 e. The summed E-state index contributed by atoms with van der Waals surface area (Å²) in [7, 11) is 0. The molecule has 1 saturated heterocycles. The van der Waals surface area contributed by atoms with Crippen molar-refractivity contribution in [2.45, 2.75) is 19.5 Å². The number of hydrogen-bond acceptors (Lipinski definition) is 5. The van der Waals surface area contributed by atoms with E-state index in [1.54, 1.807) is 22.9 Å². The van der Waals surface area contributed by atoms with Gasteiger partial charge in [-0.2, -0.15) is 5.10 Å². The zero-order chi connectivity index (χ0) is 17.1. The van der Waals surface area contributed by atoms with E-state index in [1.165, 1.54) is 10.7 Å². The molecule has 1 aliphatic heterocycles. The molecule has 1 unspecified atom stereocenters. The molecule has 128 valence electrons.